The van der Waals surface area contributed by atoms with Gasteiger partial charge in [-0.25, -0.2) is 4.39 Å². The highest BCUT2D eigenvalue weighted by Gasteiger charge is 2.07. The van der Waals surface area contributed by atoms with Crippen molar-refractivity contribution < 1.29 is 9.18 Å². The molecule has 1 nitrogen and oxygen atoms in total. The summed E-state index contributed by atoms with van der Waals surface area (Å²) < 4.78 is 12.8. The van der Waals surface area contributed by atoms with Gasteiger partial charge in [-0.2, -0.15) is 0 Å². The van der Waals surface area contributed by atoms with Gasteiger partial charge in [0.15, 0.2) is 5.78 Å². The number of hydrogen-bond acceptors (Lipinski definition) is 1. The minimum atomic E-state index is -0.320. The number of benzene rings is 2. The highest BCUT2D eigenvalue weighted by Crippen LogP contribution is 2.12. The van der Waals surface area contributed by atoms with Crippen LogP contribution in [0.5, 0.6) is 0 Å². The summed E-state index contributed by atoms with van der Waals surface area (Å²) in [5.74, 6) is 0.322. The second-order valence-corrected chi connectivity index (χ2v) is 5.52. The quantitative estimate of drug-likeness (QED) is 0.734. The topological polar surface area (TPSA) is 17.1 Å². The van der Waals surface area contributed by atoms with Crippen LogP contribution < -0.4 is 0 Å². The monoisotopic (exact) mass is 270 g/mol. The molecule has 0 bridgehead atoms. The van der Waals surface area contributed by atoms with Crippen LogP contribution in [0.4, 0.5) is 4.39 Å². The van der Waals surface area contributed by atoms with Crippen molar-refractivity contribution in [1.29, 1.82) is 0 Å². The molecule has 0 aliphatic rings. The second-order valence-electron chi connectivity index (χ2n) is 5.52. The zero-order chi connectivity index (χ0) is 14.5. The molecule has 0 aromatic heterocycles. The number of rotatable bonds is 5. The first kappa shape index (κ1) is 14.4. The fraction of sp³-hybridized carbons (Fsp3) is 0.278. The van der Waals surface area contributed by atoms with Crippen LogP contribution in [0.3, 0.4) is 0 Å². The van der Waals surface area contributed by atoms with Gasteiger partial charge >= 0.3 is 0 Å². The van der Waals surface area contributed by atoms with Crippen LogP contribution in [0.15, 0.2) is 48.5 Å². The first-order valence-electron chi connectivity index (χ1n) is 6.91. The van der Waals surface area contributed by atoms with Gasteiger partial charge in [-0.15, -0.1) is 0 Å². The van der Waals surface area contributed by atoms with Crippen molar-refractivity contribution in [3.8, 4) is 0 Å². The van der Waals surface area contributed by atoms with E-state index in [4.69, 9.17) is 0 Å². The molecule has 2 rings (SSSR count). The smallest absolute Gasteiger partial charge is 0.167 e. The molecule has 0 aliphatic heterocycles. The Morgan fingerprint density at radius 2 is 1.50 bits per heavy atom. The molecule has 0 atom stereocenters. The molecule has 0 heterocycles. The minimum Gasteiger partial charge on any atom is -0.294 e. The number of Topliss-reactive ketones (excluding diaryl/α,β-unsaturated/α-hetero) is 1. The number of hydrogen-bond donors (Lipinski definition) is 0. The second kappa shape index (κ2) is 6.47. The van der Waals surface area contributed by atoms with Crippen LogP contribution in [0, 0.1) is 11.7 Å². The van der Waals surface area contributed by atoms with E-state index >= 15 is 0 Å². The molecular weight excluding hydrogens is 251 g/mol. The van der Waals surface area contributed by atoms with Gasteiger partial charge in [0.05, 0.1) is 0 Å². The average molecular weight is 270 g/mol. The summed E-state index contributed by atoms with van der Waals surface area (Å²) in [4.78, 5) is 12.1. The maximum atomic E-state index is 12.8. The molecule has 20 heavy (non-hydrogen) atoms. The van der Waals surface area contributed by atoms with E-state index in [2.05, 4.69) is 26.0 Å². The maximum Gasteiger partial charge on any atom is 0.167 e. The Hall–Kier alpha value is -1.96. The molecule has 0 spiro atoms. The summed E-state index contributed by atoms with van der Waals surface area (Å²) in [6.07, 6.45) is 1.40. The highest BCUT2D eigenvalue weighted by atomic mass is 19.1. The van der Waals surface area contributed by atoms with Gasteiger partial charge in [0, 0.05) is 12.0 Å². The van der Waals surface area contributed by atoms with Gasteiger partial charge in [-0.3, -0.25) is 4.79 Å². The lowest BCUT2D eigenvalue weighted by Gasteiger charge is -2.06. The molecule has 0 radical (unpaired) electrons. The predicted molar refractivity (Wildman–Crippen MR) is 79.4 cm³/mol. The molecule has 2 aromatic carbocycles. The van der Waals surface area contributed by atoms with E-state index in [0.717, 1.165) is 12.0 Å². The van der Waals surface area contributed by atoms with Crippen molar-refractivity contribution in [2.24, 2.45) is 5.92 Å². The van der Waals surface area contributed by atoms with Gasteiger partial charge in [-0.05, 0) is 47.7 Å². The number of halogens is 1. The fourth-order valence-corrected chi connectivity index (χ4v) is 2.19. The Kier molecular flexibility index (Phi) is 4.67. The number of carbonyl (C=O) groups excluding carboxylic acids is 1. The van der Waals surface area contributed by atoms with E-state index in [9.17, 15) is 9.18 Å². The lowest BCUT2D eigenvalue weighted by molar-refractivity contribution is 0.0993. The molecule has 0 unspecified atom stereocenters. The average Bonchev–Trinajstić information content (AvgIpc) is 2.41. The van der Waals surface area contributed by atoms with Gasteiger partial charge in [0.1, 0.15) is 5.82 Å². The third kappa shape index (κ3) is 4.02. The summed E-state index contributed by atoms with van der Waals surface area (Å²) in [5, 5.41) is 0. The summed E-state index contributed by atoms with van der Waals surface area (Å²) in [6.45, 7) is 4.37. The third-order valence-electron chi connectivity index (χ3n) is 3.20. The van der Waals surface area contributed by atoms with Crippen LogP contribution >= 0.6 is 0 Å². The van der Waals surface area contributed by atoms with E-state index in [1.54, 1.807) is 0 Å². The zero-order valence-electron chi connectivity index (χ0n) is 11.9. The Balaban J connectivity index is 2.02. The molecule has 0 saturated carbocycles. The van der Waals surface area contributed by atoms with E-state index in [-0.39, 0.29) is 11.6 Å². The normalized spacial score (nSPS) is 10.8. The van der Waals surface area contributed by atoms with E-state index in [1.807, 2.05) is 12.1 Å². The standard InChI is InChI=1S/C18H19FO/c1-13(2)11-14-3-5-15(6-4-14)12-18(20)16-7-9-17(19)10-8-16/h3-10,13H,11-12H2,1-2H3. The van der Waals surface area contributed by atoms with Crippen molar-refractivity contribution in [3.05, 3.63) is 71.0 Å². The SMILES string of the molecule is CC(C)Cc1ccc(CC(=O)c2ccc(F)cc2)cc1. The fourth-order valence-electron chi connectivity index (χ4n) is 2.19. The number of ketones is 1. The largest absolute Gasteiger partial charge is 0.294 e. The van der Waals surface area contributed by atoms with Crippen molar-refractivity contribution in [1.82, 2.24) is 0 Å². The summed E-state index contributed by atoms with van der Waals surface area (Å²) >= 11 is 0. The van der Waals surface area contributed by atoms with Crippen molar-refractivity contribution in [2.75, 3.05) is 0 Å². The van der Waals surface area contributed by atoms with E-state index in [0.29, 0.717) is 17.9 Å². The molecule has 2 aromatic rings. The summed E-state index contributed by atoms with van der Waals surface area (Å²) in [6, 6.07) is 13.9. The molecule has 104 valence electrons. The minimum absolute atomic E-state index is 0.0154. The van der Waals surface area contributed by atoms with Gasteiger partial charge in [0.25, 0.3) is 0 Å². The Labute approximate surface area is 119 Å². The van der Waals surface area contributed by atoms with Crippen LogP contribution in [-0.2, 0) is 12.8 Å². The lowest BCUT2D eigenvalue weighted by atomic mass is 9.99. The predicted octanol–water partition coefficient (Wildman–Crippen LogP) is 4.45. The Morgan fingerprint density at radius 1 is 0.950 bits per heavy atom. The lowest BCUT2D eigenvalue weighted by Crippen LogP contribution is -2.03. The molecule has 0 fully saturated rings. The maximum absolute atomic E-state index is 12.8. The summed E-state index contributed by atoms with van der Waals surface area (Å²) in [5.41, 5.74) is 2.84. The van der Waals surface area contributed by atoms with Gasteiger partial charge in [-0.1, -0.05) is 38.1 Å². The molecule has 0 N–H and O–H groups in total. The molecule has 0 saturated heterocycles. The Morgan fingerprint density at radius 3 is 2.05 bits per heavy atom. The zero-order valence-corrected chi connectivity index (χ0v) is 11.9. The van der Waals surface area contributed by atoms with Crippen LogP contribution in [0.25, 0.3) is 0 Å². The van der Waals surface area contributed by atoms with E-state index < -0.39 is 0 Å². The molecule has 2 heteroatoms. The van der Waals surface area contributed by atoms with Crippen molar-refractivity contribution in [3.63, 3.8) is 0 Å². The molecule has 0 aliphatic carbocycles. The summed E-state index contributed by atoms with van der Waals surface area (Å²) in [7, 11) is 0. The first-order valence-corrected chi connectivity index (χ1v) is 6.91. The van der Waals surface area contributed by atoms with Crippen LogP contribution in [-0.4, -0.2) is 5.78 Å². The number of carbonyl (C=O) groups is 1. The van der Waals surface area contributed by atoms with Crippen molar-refractivity contribution >= 4 is 5.78 Å². The highest BCUT2D eigenvalue weighted by molar-refractivity contribution is 5.97. The first-order chi connectivity index (χ1) is 9.54. The Bertz CT molecular complexity index is 567. The van der Waals surface area contributed by atoms with Gasteiger partial charge < -0.3 is 0 Å². The van der Waals surface area contributed by atoms with Crippen LogP contribution in [0.2, 0.25) is 0 Å². The van der Waals surface area contributed by atoms with Crippen molar-refractivity contribution in [2.45, 2.75) is 26.7 Å². The van der Waals surface area contributed by atoms with Gasteiger partial charge in [0.2, 0.25) is 0 Å². The third-order valence-corrected chi connectivity index (χ3v) is 3.20. The van der Waals surface area contributed by atoms with Crippen LogP contribution in [0.1, 0.15) is 35.3 Å². The molecule has 0 amide bonds. The van der Waals surface area contributed by atoms with E-state index in [1.165, 1.54) is 29.8 Å². The molecular formula is C18H19FO.